The zero-order chi connectivity index (χ0) is 31.1. The number of aliphatic hydroxyl groups is 1. The van der Waals surface area contributed by atoms with Crippen molar-refractivity contribution < 1.29 is 29.3 Å². The molecule has 6 rings (SSSR count). The third-order valence-corrected chi connectivity index (χ3v) is 10.8. The second-order valence-electron chi connectivity index (χ2n) is 13.2. The maximum absolute atomic E-state index is 13.2. The van der Waals surface area contributed by atoms with E-state index < -0.39 is 23.9 Å². The summed E-state index contributed by atoms with van der Waals surface area (Å²) in [7, 11) is 3.42. The quantitative estimate of drug-likeness (QED) is 0.437. The predicted octanol–water partition coefficient (Wildman–Crippen LogP) is 5.33. The van der Waals surface area contributed by atoms with E-state index in [-0.39, 0.29) is 17.1 Å². The zero-order valence-corrected chi connectivity index (χ0v) is 26.4. The molecule has 1 fully saturated rings. The summed E-state index contributed by atoms with van der Waals surface area (Å²) >= 11 is 6.42. The number of hydrogen-bond acceptors (Lipinski definition) is 6. The Balaban J connectivity index is 1.45. The van der Waals surface area contributed by atoms with Crippen LogP contribution in [0.1, 0.15) is 61.6 Å². The van der Waals surface area contributed by atoms with Crippen LogP contribution in [0.15, 0.2) is 48.6 Å². The Morgan fingerprint density at radius 2 is 2.00 bits per heavy atom. The van der Waals surface area contributed by atoms with E-state index in [1.807, 2.05) is 6.07 Å². The lowest BCUT2D eigenvalue weighted by atomic mass is 9.68. The molecule has 44 heavy (non-hydrogen) atoms. The smallest absolute Gasteiger partial charge is 0.340 e. The van der Waals surface area contributed by atoms with E-state index in [1.165, 1.54) is 16.0 Å². The monoisotopic (exact) mass is 622 g/mol. The van der Waals surface area contributed by atoms with Crippen LogP contribution in [0.3, 0.4) is 0 Å². The topological polar surface area (TPSA) is 99.5 Å². The van der Waals surface area contributed by atoms with E-state index in [4.69, 9.17) is 21.1 Å². The van der Waals surface area contributed by atoms with Gasteiger partial charge in [-0.05, 0) is 97.7 Å². The summed E-state index contributed by atoms with van der Waals surface area (Å²) in [5.74, 6) is -0.490. The number of fused-ring (bicyclic) bond motifs is 4. The van der Waals surface area contributed by atoms with Crippen molar-refractivity contribution in [2.24, 2.45) is 11.8 Å². The van der Waals surface area contributed by atoms with Gasteiger partial charge in [0.25, 0.3) is 0 Å². The molecule has 2 bridgehead atoms. The summed E-state index contributed by atoms with van der Waals surface area (Å²) in [6, 6.07) is 11.3. The number of anilines is 1. The fourth-order valence-electron chi connectivity index (χ4n) is 7.76. The van der Waals surface area contributed by atoms with Gasteiger partial charge in [-0.1, -0.05) is 35.9 Å². The molecule has 5 atom stereocenters. The Morgan fingerprint density at radius 3 is 2.75 bits per heavy atom. The van der Waals surface area contributed by atoms with Crippen LogP contribution in [-0.4, -0.2) is 73.5 Å². The van der Waals surface area contributed by atoms with Crippen molar-refractivity contribution in [3.8, 4) is 5.75 Å². The van der Waals surface area contributed by atoms with Crippen LogP contribution in [0, 0.1) is 11.8 Å². The minimum absolute atomic E-state index is 0.00133. The maximum Gasteiger partial charge on any atom is 0.340 e. The van der Waals surface area contributed by atoms with Crippen molar-refractivity contribution in [2.75, 3.05) is 45.3 Å². The van der Waals surface area contributed by atoms with Crippen molar-refractivity contribution in [3.63, 3.8) is 0 Å². The molecule has 1 saturated carbocycles. The molecule has 1 amide bonds. The van der Waals surface area contributed by atoms with E-state index in [1.54, 1.807) is 32.4 Å². The highest BCUT2D eigenvalue weighted by Crippen LogP contribution is 2.47. The largest absolute Gasteiger partial charge is 0.490 e. The highest BCUT2D eigenvalue weighted by atomic mass is 35.5. The number of carboxylic acids is 1. The fourth-order valence-corrected chi connectivity index (χ4v) is 7.96. The van der Waals surface area contributed by atoms with Gasteiger partial charge in [-0.25, -0.2) is 4.79 Å². The molecule has 1 spiro atoms. The van der Waals surface area contributed by atoms with Crippen LogP contribution in [0.5, 0.6) is 5.75 Å². The number of carboxylic acid groups (broad SMARTS) is 1. The van der Waals surface area contributed by atoms with Crippen molar-refractivity contribution in [1.82, 2.24) is 4.90 Å². The molecular formula is C35H43ClN2O6. The number of halogens is 1. The number of benzene rings is 2. The minimum Gasteiger partial charge on any atom is -0.490 e. The number of ether oxygens (including phenoxy) is 2. The van der Waals surface area contributed by atoms with Crippen LogP contribution in [0.4, 0.5) is 5.69 Å². The molecule has 8 nitrogen and oxygen atoms in total. The molecule has 2 aliphatic heterocycles. The number of methoxy groups -OCH3 is 1. The standard InChI is InChI=1S/C35H43ClN2O6/c1-37-16-5-3-4-8-30(43-2)27-12-9-24(27)20-38-21-34(15-6-7-23-17-26(36)11-13-28(23)34)22-44-31-14-10-25(18-29(31)38)35(42,33(40)41)19-32(37)39/h4,8,10-11,13-14,17-18,24,27,30,42H,3,5-7,9,12,15-16,19-22H2,1-2H3,(H,40,41)/b8-4-/t24-,27+,30-,34-,35-/m0/s1. The molecule has 2 N–H and O–H groups in total. The van der Waals surface area contributed by atoms with E-state index in [0.29, 0.717) is 37.3 Å². The summed E-state index contributed by atoms with van der Waals surface area (Å²) in [6.07, 6.45) is 10.3. The number of hydrogen-bond donors (Lipinski definition) is 2. The Morgan fingerprint density at radius 1 is 1.16 bits per heavy atom. The summed E-state index contributed by atoms with van der Waals surface area (Å²) in [4.78, 5) is 29.7. The van der Waals surface area contributed by atoms with Gasteiger partial charge in [-0.2, -0.15) is 0 Å². The van der Waals surface area contributed by atoms with Gasteiger partial charge < -0.3 is 29.5 Å². The number of carbonyl (C=O) groups excluding carboxylic acids is 1. The van der Waals surface area contributed by atoms with Gasteiger partial charge in [0.05, 0.1) is 24.8 Å². The van der Waals surface area contributed by atoms with E-state index in [9.17, 15) is 19.8 Å². The van der Waals surface area contributed by atoms with Gasteiger partial charge in [-0.3, -0.25) is 4.79 Å². The first kappa shape index (κ1) is 30.9. The molecule has 2 aliphatic carbocycles. The molecule has 0 radical (unpaired) electrons. The first-order chi connectivity index (χ1) is 21.1. The normalized spacial score (nSPS) is 31.5. The number of aryl methyl sites for hydroxylation is 1. The molecule has 0 saturated heterocycles. The predicted molar refractivity (Wildman–Crippen MR) is 169 cm³/mol. The molecule has 0 unspecified atom stereocenters. The SMILES string of the molecule is CO[C@H]1/C=C\CCCN(C)C(=O)C[C@@](O)(C(=O)O)c2ccc3c(c2)N(C[C@@H]2CC[C@H]21)C[C@@]1(CCCc2cc(Cl)ccc21)CO3. The van der Waals surface area contributed by atoms with E-state index in [0.717, 1.165) is 62.2 Å². The average Bonchev–Trinajstić information content (AvgIpc) is 3.14. The number of carbonyl (C=O) groups is 2. The number of rotatable bonds is 2. The van der Waals surface area contributed by atoms with Gasteiger partial charge >= 0.3 is 5.97 Å². The number of allylic oxidation sites excluding steroid dienone is 1. The maximum atomic E-state index is 13.2. The Bertz CT molecular complexity index is 1450. The van der Waals surface area contributed by atoms with Crippen LogP contribution in [0.2, 0.25) is 5.02 Å². The third kappa shape index (κ3) is 5.72. The molecule has 2 aromatic carbocycles. The molecule has 9 heteroatoms. The molecule has 0 aromatic heterocycles. The van der Waals surface area contributed by atoms with Crippen molar-refractivity contribution in [1.29, 1.82) is 0 Å². The number of aliphatic carboxylic acids is 1. The van der Waals surface area contributed by atoms with Crippen molar-refractivity contribution >= 4 is 29.2 Å². The second kappa shape index (κ2) is 12.4. The third-order valence-electron chi connectivity index (χ3n) is 10.5. The summed E-state index contributed by atoms with van der Waals surface area (Å²) in [6.45, 7) is 2.37. The Kier molecular flexibility index (Phi) is 8.70. The van der Waals surface area contributed by atoms with E-state index in [2.05, 4.69) is 29.2 Å². The molecule has 2 aromatic rings. The summed E-state index contributed by atoms with van der Waals surface area (Å²) in [5, 5.41) is 22.6. The summed E-state index contributed by atoms with van der Waals surface area (Å²) < 4.78 is 12.6. The minimum atomic E-state index is -2.38. The Labute approximate surface area is 264 Å². The average molecular weight is 623 g/mol. The number of amides is 1. The van der Waals surface area contributed by atoms with Crippen LogP contribution >= 0.6 is 11.6 Å². The summed E-state index contributed by atoms with van der Waals surface area (Å²) in [5.41, 5.74) is 0.773. The first-order valence-electron chi connectivity index (χ1n) is 15.8. The molecule has 4 aliphatic rings. The molecule has 236 valence electrons. The lowest BCUT2D eigenvalue weighted by molar-refractivity contribution is -0.164. The lowest BCUT2D eigenvalue weighted by Gasteiger charge is -2.46. The van der Waals surface area contributed by atoms with Gasteiger partial charge in [0.2, 0.25) is 5.91 Å². The fraction of sp³-hybridized carbons (Fsp3) is 0.543. The highest BCUT2D eigenvalue weighted by molar-refractivity contribution is 6.30. The van der Waals surface area contributed by atoms with Gasteiger partial charge in [-0.15, -0.1) is 0 Å². The van der Waals surface area contributed by atoms with Crippen LogP contribution in [-0.2, 0) is 31.8 Å². The van der Waals surface area contributed by atoms with Crippen molar-refractivity contribution in [3.05, 3.63) is 70.3 Å². The van der Waals surface area contributed by atoms with E-state index >= 15 is 0 Å². The zero-order valence-electron chi connectivity index (χ0n) is 25.6. The highest BCUT2D eigenvalue weighted by Gasteiger charge is 2.46. The molecular weight excluding hydrogens is 580 g/mol. The van der Waals surface area contributed by atoms with Crippen LogP contribution < -0.4 is 9.64 Å². The first-order valence-corrected chi connectivity index (χ1v) is 16.2. The van der Waals surface area contributed by atoms with Crippen LogP contribution in [0.25, 0.3) is 0 Å². The van der Waals surface area contributed by atoms with Crippen molar-refractivity contribution in [2.45, 2.75) is 68.5 Å². The lowest BCUT2D eigenvalue weighted by Crippen LogP contribution is -2.49. The Hall–Kier alpha value is -3.07. The van der Waals surface area contributed by atoms with Gasteiger partial charge in [0, 0.05) is 44.2 Å². The second-order valence-corrected chi connectivity index (χ2v) is 13.7. The van der Waals surface area contributed by atoms with Gasteiger partial charge in [0.1, 0.15) is 5.75 Å². The molecule has 2 heterocycles. The number of nitrogens with zero attached hydrogens (tertiary/aromatic N) is 2. The van der Waals surface area contributed by atoms with Gasteiger partial charge in [0.15, 0.2) is 5.60 Å².